The monoisotopic (exact) mass is 386 g/mol. The number of thiophene rings is 1. The zero-order chi connectivity index (χ0) is 19.0. The number of hydrogen-bond acceptors (Lipinski definition) is 4. The number of aryl methyl sites for hydroxylation is 1. The van der Waals surface area contributed by atoms with Gasteiger partial charge in [-0.25, -0.2) is 4.98 Å². The van der Waals surface area contributed by atoms with Crippen LogP contribution in [0.5, 0.6) is 0 Å². The predicted molar refractivity (Wildman–Crippen MR) is 105 cm³/mol. The number of aromatic nitrogens is 2. The fourth-order valence-electron chi connectivity index (χ4n) is 4.46. The lowest BCUT2D eigenvalue weighted by atomic mass is 9.78. The van der Waals surface area contributed by atoms with Gasteiger partial charge in [0, 0.05) is 43.0 Å². The molecule has 27 heavy (non-hydrogen) atoms. The van der Waals surface area contributed by atoms with Crippen LogP contribution in [0.25, 0.3) is 0 Å². The zero-order valence-corrected chi connectivity index (χ0v) is 16.8. The summed E-state index contributed by atoms with van der Waals surface area (Å²) in [7, 11) is 0. The molecule has 0 bridgehead atoms. The molecule has 2 aromatic heterocycles. The Morgan fingerprint density at radius 2 is 2.00 bits per heavy atom. The van der Waals surface area contributed by atoms with Gasteiger partial charge in [-0.1, -0.05) is 13.8 Å². The van der Waals surface area contributed by atoms with Crippen LogP contribution in [0.2, 0.25) is 0 Å². The molecule has 0 atom stereocenters. The maximum atomic E-state index is 12.9. The van der Waals surface area contributed by atoms with Gasteiger partial charge >= 0.3 is 0 Å². The summed E-state index contributed by atoms with van der Waals surface area (Å²) in [5.41, 5.74) is 1.77. The smallest absolute Gasteiger partial charge is 0.263 e. The van der Waals surface area contributed by atoms with Gasteiger partial charge in [0.25, 0.3) is 5.91 Å². The van der Waals surface area contributed by atoms with Gasteiger partial charge < -0.3 is 14.8 Å². The lowest BCUT2D eigenvalue weighted by Crippen LogP contribution is -2.58. The summed E-state index contributed by atoms with van der Waals surface area (Å²) < 4.78 is 0. The van der Waals surface area contributed by atoms with Crippen molar-refractivity contribution in [2.24, 2.45) is 0 Å². The largest absolute Gasteiger partial charge is 0.348 e. The molecule has 4 heterocycles. The molecular weight excluding hydrogens is 360 g/mol. The highest BCUT2D eigenvalue weighted by Crippen LogP contribution is 2.42. The van der Waals surface area contributed by atoms with Gasteiger partial charge in [0.05, 0.1) is 22.4 Å². The number of likely N-dealkylation sites (tertiary alicyclic amines) is 1. The van der Waals surface area contributed by atoms with E-state index >= 15 is 0 Å². The molecule has 6 nitrogen and oxygen atoms in total. The average molecular weight is 387 g/mol. The number of imidazole rings is 1. The van der Waals surface area contributed by atoms with Crippen LogP contribution in [0.1, 0.15) is 59.0 Å². The van der Waals surface area contributed by atoms with Gasteiger partial charge in [-0.2, -0.15) is 0 Å². The normalized spacial score (nSPS) is 18.6. The van der Waals surface area contributed by atoms with Crippen LogP contribution in [0, 0.1) is 0 Å². The Morgan fingerprint density at radius 3 is 2.67 bits per heavy atom. The van der Waals surface area contributed by atoms with Crippen LogP contribution in [-0.4, -0.2) is 51.2 Å². The van der Waals surface area contributed by atoms with E-state index in [1.165, 1.54) is 4.88 Å². The van der Waals surface area contributed by atoms with E-state index in [0.29, 0.717) is 19.5 Å². The molecule has 0 saturated carbocycles. The molecule has 0 radical (unpaired) electrons. The van der Waals surface area contributed by atoms with Crippen LogP contribution < -0.4 is 0 Å². The van der Waals surface area contributed by atoms with Gasteiger partial charge in [-0.3, -0.25) is 9.59 Å². The minimum Gasteiger partial charge on any atom is -0.348 e. The first-order chi connectivity index (χ1) is 13.1. The first kappa shape index (κ1) is 18.2. The number of hydrogen-bond donors (Lipinski definition) is 1. The van der Waals surface area contributed by atoms with Gasteiger partial charge in [-0.05, 0) is 31.4 Å². The SMILES string of the molecule is CCC(=O)N1CCc2[nH]cnc2C12CCN(C(=O)c1ccc(CC)s1)CC2. The molecule has 2 aliphatic rings. The van der Waals surface area contributed by atoms with Crippen LogP contribution in [0.4, 0.5) is 0 Å². The van der Waals surface area contributed by atoms with Crippen molar-refractivity contribution >= 4 is 23.2 Å². The molecule has 1 N–H and O–H groups in total. The molecule has 1 spiro atoms. The first-order valence-corrected chi connectivity index (χ1v) is 10.6. The highest BCUT2D eigenvalue weighted by molar-refractivity contribution is 7.14. The van der Waals surface area contributed by atoms with Gasteiger partial charge in [0.2, 0.25) is 5.91 Å². The highest BCUT2D eigenvalue weighted by Gasteiger charge is 2.48. The van der Waals surface area contributed by atoms with E-state index < -0.39 is 0 Å². The molecule has 2 amide bonds. The van der Waals surface area contributed by atoms with Crippen molar-refractivity contribution in [3.63, 3.8) is 0 Å². The minimum absolute atomic E-state index is 0.112. The van der Waals surface area contributed by atoms with E-state index in [4.69, 9.17) is 0 Å². The first-order valence-electron chi connectivity index (χ1n) is 9.80. The summed E-state index contributed by atoms with van der Waals surface area (Å²) in [5.74, 6) is 0.287. The number of H-pyrrole nitrogens is 1. The van der Waals surface area contributed by atoms with Crippen LogP contribution in [0.15, 0.2) is 18.5 Å². The predicted octanol–water partition coefficient (Wildman–Crippen LogP) is 2.96. The molecule has 0 aliphatic carbocycles. The number of carbonyl (C=O) groups is 2. The summed E-state index contributed by atoms with van der Waals surface area (Å²) in [6.07, 6.45) is 5.50. The van der Waals surface area contributed by atoms with Crippen LogP contribution in [-0.2, 0) is 23.2 Å². The fraction of sp³-hybridized carbons (Fsp3) is 0.550. The number of carbonyl (C=O) groups excluding carboxylic acids is 2. The maximum absolute atomic E-state index is 12.9. The molecular formula is C20H26N4O2S. The summed E-state index contributed by atoms with van der Waals surface area (Å²) in [6.45, 7) is 6.04. The molecule has 7 heteroatoms. The Bertz CT molecular complexity index is 848. The Morgan fingerprint density at radius 1 is 1.22 bits per heavy atom. The summed E-state index contributed by atoms with van der Waals surface area (Å²) >= 11 is 1.59. The molecule has 0 unspecified atom stereocenters. The molecule has 2 aliphatic heterocycles. The van der Waals surface area contributed by atoms with E-state index in [-0.39, 0.29) is 17.4 Å². The number of fused-ring (bicyclic) bond motifs is 2. The number of piperidine rings is 1. The number of rotatable bonds is 3. The molecule has 144 valence electrons. The second-order valence-electron chi connectivity index (χ2n) is 7.32. The van der Waals surface area contributed by atoms with Gasteiger partial charge in [0.15, 0.2) is 0 Å². The molecule has 1 fully saturated rings. The number of aromatic amines is 1. The molecule has 4 rings (SSSR count). The second-order valence-corrected chi connectivity index (χ2v) is 8.49. The standard InChI is InChI=1S/C20H26N4O2S/c1-3-14-5-6-16(27-14)19(26)23-11-8-20(9-12-23)18-15(21-13-22-18)7-10-24(20)17(25)4-2/h5-6,13H,3-4,7-12H2,1-2H3,(H,21,22). The number of amides is 2. The van der Waals surface area contributed by atoms with Crippen LogP contribution in [0.3, 0.4) is 0 Å². The summed E-state index contributed by atoms with van der Waals surface area (Å²) in [5, 5.41) is 0. The lowest BCUT2D eigenvalue weighted by molar-refractivity contribution is -0.141. The Kier molecular flexibility index (Phi) is 4.80. The van der Waals surface area contributed by atoms with Crippen molar-refractivity contribution in [2.75, 3.05) is 19.6 Å². The van der Waals surface area contributed by atoms with Gasteiger partial charge in [0.1, 0.15) is 0 Å². The quantitative estimate of drug-likeness (QED) is 0.882. The molecule has 2 aromatic rings. The van der Waals surface area contributed by atoms with E-state index in [2.05, 4.69) is 16.9 Å². The van der Waals surface area contributed by atoms with Crippen molar-refractivity contribution in [1.29, 1.82) is 0 Å². The summed E-state index contributed by atoms with van der Waals surface area (Å²) in [6, 6.07) is 3.98. The third kappa shape index (κ3) is 2.98. The highest BCUT2D eigenvalue weighted by atomic mass is 32.1. The Hall–Kier alpha value is -2.15. The Labute approximate surface area is 163 Å². The second kappa shape index (κ2) is 7.11. The van der Waals surface area contributed by atoms with Crippen molar-refractivity contribution in [3.05, 3.63) is 39.6 Å². The number of nitrogens with zero attached hydrogens (tertiary/aromatic N) is 3. The van der Waals surface area contributed by atoms with E-state index in [1.807, 2.05) is 28.9 Å². The van der Waals surface area contributed by atoms with Crippen molar-refractivity contribution in [2.45, 2.75) is 51.5 Å². The number of nitrogens with one attached hydrogen (secondary N) is 1. The molecule has 0 aromatic carbocycles. The van der Waals surface area contributed by atoms with Crippen molar-refractivity contribution in [1.82, 2.24) is 19.8 Å². The van der Waals surface area contributed by atoms with Gasteiger partial charge in [-0.15, -0.1) is 11.3 Å². The van der Waals surface area contributed by atoms with Crippen molar-refractivity contribution in [3.8, 4) is 0 Å². The maximum Gasteiger partial charge on any atom is 0.263 e. The van der Waals surface area contributed by atoms with E-state index in [1.54, 1.807) is 17.7 Å². The van der Waals surface area contributed by atoms with E-state index in [0.717, 1.165) is 48.5 Å². The third-order valence-electron chi connectivity index (χ3n) is 5.96. The zero-order valence-electron chi connectivity index (χ0n) is 16.0. The molecule has 1 saturated heterocycles. The topological polar surface area (TPSA) is 69.3 Å². The third-order valence-corrected chi connectivity index (χ3v) is 7.18. The minimum atomic E-state index is -0.374. The lowest BCUT2D eigenvalue weighted by Gasteiger charge is -2.50. The van der Waals surface area contributed by atoms with Crippen LogP contribution >= 0.6 is 11.3 Å². The fourth-order valence-corrected chi connectivity index (χ4v) is 5.37. The van der Waals surface area contributed by atoms with Crippen molar-refractivity contribution < 1.29 is 9.59 Å². The Balaban J connectivity index is 1.57. The summed E-state index contributed by atoms with van der Waals surface area (Å²) in [4.78, 5) is 39.4. The average Bonchev–Trinajstić information content (AvgIpc) is 3.37. The van der Waals surface area contributed by atoms with E-state index in [9.17, 15) is 9.59 Å².